The topological polar surface area (TPSA) is 84.9 Å². The van der Waals surface area contributed by atoms with Crippen molar-refractivity contribution in [1.82, 2.24) is 10.2 Å². The maximum absolute atomic E-state index is 12.5. The predicted molar refractivity (Wildman–Crippen MR) is 101 cm³/mol. The van der Waals surface area contributed by atoms with E-state index in [0.717, 1.165) is 0 Å². The van der Waals surface area contributed by atoms with Crippen LogP contribution in [0.3, 0.4) is 0 Å². The zero-order valence-corrected chi connectivity index (χ0v) is 16.4. The molecule has 1 aromatic carbocycles. The fourth-order valence-corrected chi connectivity index (χ4v) is 3.17. The van der Waals surface area contributed by atoms with Crippen LogP contribution in [0.15, 0.2) is 18.2 Å². The summed E-state index contributed by atoms with van der Waals surface area (Å²) in [7, 11) is 1.50. The second kappa shape index (κ2) is 10.2. The Labute approximate surface area is 163 Å². The molecule has 1 fully saturated rings. The molecule has 148 valence electrons. The molecular formula is C19H25ClN2O5. The number of hydrogen-bond donors (Lipinski definition) is 1. The van der Waals surface area contributed by atoms with Crippen LogP contribution in [-0.2, 0) is 14.3 Å². The molecule has 0 aromatic heterocycles. The Morgan fingerprint density at radius 2 is 1.93 bits per heavy atom. The molecule has 1 aliphatic rings. The maximum atomic E-state index is 12.5. The standard InChI is InChI=1S/C19H25ClN2O5/c1-3-27-18(24)7-6-17(23)22-10-8-14(9-11-22)21-19(25)15-12-13(20)4-5-16(15)26-2/h4-5,12,14H,3,6-11H2,1-2H3,(H,21,25). The van der Waals surface area contributed by atoms with Crippen molar-refractivity contribution < 1.29 is 23.9 Å². The third kappa shape index (κ3) is 6.13. The first-order valence-corrected chi connectivity index (χ1v) is 9.40. The second-order valence-electron chi connectivity index (χ2n) is 6.28. The zero-order valence-electron chi connectivity index (χ0n) is 15.6. The van der Waals surface area contributed by atoms with E-state index in [9.17, 15) is 14.4 Å². The lowest BCUT2D eigenvalue weighted by atomic mass is 10.0. The van der Waals surface area contributed by atoms with Gasteiger partial charge in [-0.15, -0.1) is 0 Å². The largest absolute Gasteiger partial charge is 0.496 e. The fraction of sp³-hybridized carbons (Fsp3) is 0.526. The van der Waals surface area contributed by atoms with Crippen molar-refractivity contribution in [3.05, 3.63) is 28.8 Å². The highest BCUT2D eigenvalue weighted by molar-refractivity contribution is 6.31. The SMILES string of the molecule is CCOC(=O)CCC(=O)N1CCC(NC(=O)c2cc(Cl)ccc2OC)CC1. The summed E-state index contributed by atoms with van der Waals surface area (Å²) in [4.78, 5) is 37.8. The van der Waals surface area contributed by atoms with Crippen LogP contribution in [0, 0.1) is 0 Å². The molecule has 0 radical (unpaired) electrons. The Morgan fingerprint density at radius 3 is 2.56 bits per heavy atom. The molecule has 1 saturated heterocycles. The molecule has 2 rings (SSSR count). The number of carbonyl (C=O) groups is 3. The minimum Gasteiger partial charge on any atom is -0.496 e. The molecule has 7 nitrogen and oxygen atoms in total. The third-order valence-electron chi connectivity index (χ3n) is 4.44. The van der Waals surface area contributed by atoms with Gasteiger partial charge in [0, 0.05) is 30.6 Å². The molecular weight excluding hydrogens is 372 g/mol. The number of ether oxygens (including phenoxy) is 2. The van der Waals surface area contributed by atoms with Crippen LogP contribution in [0.25, 0.3) is 0 Å². The minimum atomic E-state index is -0.358. The lowest BCUT2D eigenvalue weighted by Gasteiger charge is -2.32. The van der Waals surface area contributed by atoms with Gasteiger partial charge in [-0.1, -0.05) is 11.6 Å². The summed E-state index contributed by atoms with van der Waals surface area (Å²) in [6, 6.07) is 4.86. The van der Waals surface area contributed by atoms with Crippen molar-refractivity contribution in [2.45, 2.75) is 38.6 Å². The Morgan fingerprint density at radius 1 is 1.22 bits per heavy atom. The maximum Gasteiger partial charge on any atom is 0.306 e. The normalized spacial score (nSPS) is 14.6. The van der Waals surface area contributed by atoms with Crippen molar-refractivity contribution in [2.24, 2.45) is 0 Å². The smallest absolute Gasteiger partial charge is 0.306 e. The van der Waals surface area contributed by atoms with Gasteiger partial charge in [-0.25, -0.2) is 0 Å². The van der Waals surface area contributed by atoms with Gasteiger partial charge >= 0.3 is 5.97 Å². The van der Waals surface area contributed by atoms with E-state index in [-0.39, 0.29) is 36.7 Å². The first-order chi connectivity index (χ1) is 12.9. The summed E-state index contributed by atoms with van der Waals surface area (Å²) < 4.78 is 10.0. The van der Waals surface area contributed by atoms with E-state index in [1.807, 2.05) is 0 Å². The predicted octanol–water partition coefficient (Wildman–Crippen LogP) is 2.41. The van der Waals surface area contributed by atoms with E-state index in [1.54, 1.807) is 30.0 Å². The number of nitrogens with one attached hydrogen (secondary N) is 1. The van der Waals surface area contributed by atoms with Crippen LogP contribution in [-0.4, -0.2) is 55.5 Å². The first-order valence-electron chi connectivity index (χ1n) is 9.02. The van der Waals surface area contributed by atoms with Crippen LogP contribution < -0.4 is 10.1 Å². The van der Waals surface area contributed by atoms with E-state index in [4.69, 9.17) is 21.1 Å². The Balaban J connectivity index is 1.82. The summed E-state index contributed by atoms with van der Waals surface area (Å²) in [5, 5.41) is 3.43. The van der Waals surface area contributed by atoms with Gasteiger partial charge in [0.15, 0.2) is 0 Å². The van der Waals surface area contributed by atoms with E-state index < -0.39 is 0 Å². The molecule has 27 heavy (non-hydrogen) atoms. The highest BCUT2D eigenvalue weighted by Crippen LogP contribution is 2.23. The Hall–Kier alpha value is -2.28. The van der Waals surface area contributed by atoms with E-state index in [2.05, 4.69) is 5.32 Å². The van der Waals surface area contributed by atoms with Crippen LogP contribution in [0.4, 0.5) is 0 Å². The van der Waals surface area contributed by atoms with Crippen molar-refractivity contribution in [2.75, 3.05) is 26.8 Å². The number of benzene rings is 1. The van der Waals surface area contributed by atoms with Gasteiger partial charge < -0.3 is 19.7 Å². The van der Waals surface area contributed by atoms with Gasteiger partial charge in [0.05, 0.1) is 25.7 Å². The lowest BCUT2D eigenvalue weighted by molar-refractivity contribution is -0.145. The third-order valence-corrected chi connectivity index (χ3v) is 4.67. The average molecular weight is 397 g/mol. The number of hydrogen-bond acceptors (Lipinski definition) is 5. The highest BCUT2D eigenvalue weighted by Gasteiger charge is 2.25. The minimum absolute atomic E-state index is 0.0321. The van der Waals surface area contributed by atoms with Gasteiger partial charge in [0.1, 0.15) is 5.75 Å². The molecule has 8 heteroatoms. The second-order valence-corrected chi connectivity index (χ2v) is 6.71. The number of nitrogens with zero attached hydrogens (tertiary/aromatic N) is 1. The van der Waals surface area contributed by atoms with Crippen molar-refractivity contribution in [1.29, 1.82) is 0 Å². The number of carbonyl (C=O) groups excluding carboxylic acids is 3. The zero-order chi connectivity index (χ0) is 19.8. The lowest BCUT2D eigenvalue weighted by Crippen LogP contribution is -2.46. The van der Waals surface area contributed by atoms with Crippen LogP contribution in [0.1, 0.15) is 43.0 Å². The summed E-state index contributed by atoms with van der Waals surface area (Å²) in [5.41, 5.74) is 0.387. The van der Waals surface area contributed by atoms with Gasteiger partial charge in [-0.3, -0.25) is 14.4 Å². The summed E-state index contributed by atoms with van der Waals surface area (Å²) >= 11 is 5.97. The molecule has 2 amide bonds. The van der Waals surface area contributed by atoms with Crippen LogP contribution in [0.5, 0.6) is 5.75 Å². The summed E-state index contributed by atoms with van der Waals surface area (Å²) in [6.45, 7) is 3.13. The molecule has 0 saturated carbocycles. The Kier molecular flexibility index (Phi) is 7.91. The highest BCUT2D eigenvalue weighted by atomic mass is 35.5. The van der Waals surface area contributed by atoms with Gasteiger partial charge in [-0.2, -0.15) is 0 Å². The number of piperidine rings is 1. The molecule has 1 heterocycles. The van der Waals surface area contributed by atoms with Crippen LogP contribution in [0.2, 0.25) is 5.02 Å². The monoisotopic (exact) mass is 396 g/mol. The van der Waals surface area contributed by atoms with Crippen molar-refractivity contribution >= 4 is 29.4 Å². The molecule has 0 spiro atoms. The number of methoxy groups -OCH3 is 1. The number of likely N-dealkylation sites (tertiary alicyclic amines) is 1. The quantitative estimate of drug-likeness (QED) is 0.715. The molecule has 0 atom stereocenters. The van der Waals surface area contributed by atoms with Crippen LogP contribution >= 0.6 is 11.6 Å². The number of amides is 2. The molecule has 0 unspecified atom stereocenters. The molecule has 0 bridgehead atoms. The molecule has 1 aromatic rings. The Bertz CT molecular complexity index is 687. The summed E-state index contributed by atoms with van der Waals surface area (Å²) in [5.74, 6) is -0.210. The van der Waals surface area contributed by atoms with Gasteiger partial charge in [-0.05, 0) is 38.0 Å². The van der Waals surface area contributed by atoms with E-state index in [0.29, 0.717) is 48.9 Å². The molecule has 1 aliphatic heterocycles. The van der Waals surface area contributed by atoms with E-state index in [1.165, 1.54) is 7.11 Å². The average Bonchev–Trinajstić information content (AvgIpc) is 2.67. The van der Waals surface area contributed by atoms with E-state index >= 15 is 0 Å². The number of rotatable bonds is 7. The van der Waals surface area contributed by atoms with Crippen molar-refractivity contribution in [3.63, 3.8) is 0 Å². The molecule has 1 N–H and O–H groups in total. The van der Waals surface area contributed by atoms with Gasteiger partial charge in [0.25, 0.3) is 5.91 Å². The van der Waals surface area contributed by atoms with Gasteiger partial charge in [0.2, 0.25) is 5.91 Å². The number of esters is 1. The summed E-state index contributed by atoms with van der Waals surface area (Å²) in [6.07, 6.45) is 1.55. The fourth-order valence-electron chi connectivity index (χ4n) is 2.99. The molecule has 0 aliphatic carbocycles. The van der Waals surface area contributed by atoms with Crippen molar-refractivity contribution in [3.8, 4) is 5.75 Å². The first kappa shape index (κ1) is 21.0. The number of halogens is 1.